The van der Waals surface area contributed by atoms with E-state index in [0.29, 0.717) is 17.4 Å². The third-order valence-corrected chi connectivity index (χ3v) is 4.16. The van der Waals surface area contributed by atoms with E-state index in [1.165, 1.54) is 12.4 Å². The monoisotopic (exact) mass is 396 g/mol. The Labute approximate surface area is 168 Å². The largest absolute Gasteiger partial charge is 0.489 e. The number of carbonyl (C=O) groups excluding carboxylic acids is 1. The van der Waals surface area contributed by atoms with Gasteiger partial charge in [0.15, 0.2) is 0 Å². The Morgan fingerprint density at radius 3 is 2.54 bits per heavy atom. The van der Waals surface area contributed by atoms with Crippen molar-refractivity contribution >= 4 is 29.0 Å². The summed E-state index contributed by atoms with van der Waals surface area (Å²) < 4.78 is 5.78. The van der Waals surface area contributed by atoms with E-state index in [4.69, 9.17) is 16.3 Å². The van der Waals surface area contributed by atoms with Gasteiger partial charge >= 0.3 is 0 Å². The van der Waals surface area contributed by atoms with Crippen LogP contribution in [0.4, 0.5) is 11.5 Å². The van der Waals surface area contributed by atoms with Crippen molar-refractivity contribution in [1.29, 1.82) is 0 Å². The van der Waals surface area contributed by atoms with Crippen molar-refractivity contribution in [3.05, 3.63) is 77.2 Å². The summed E-state index contributed by atoms with van der Waals surface area (Å²) >= 11 is 6.10. The molecule has 6 nitrogen and oxygen atoms in total. The van der Waals surface area contributed by atoms with Crippen LogP contribution in [-0.2, 0) is 6.54 Å². The van der Waals surface area contributed by atoms with Crippen molar-refractivity contribution < 1.29 is 9.53 Å². The van der Waals surface area contributed by atoms with Gasteiger partial charge in [0.05, 0.1) is 24.2 Å². The first-order valence-corrected chi connectivity index (χ1v) is 9.27. The molecule has 0 bridgehead atoms. The maximum absolute atomic E-state index is 12.3. The average molecular weight is 397 g/mol. The summed E-state index contributed by atoms with van der Waals surface area (Å²) in [5.41, 5.74) is 1.84. The van der Waals surface area contributed by atoms with Gasteiger partial charge in [-0.3, -0.25) is 4.79 Å². The highest BCUT2D eigenvalue weighted by Gasteiger charge is 2.10. The number of anilines is 2. The van der Waals surface area contributed by atoms with Crippen LogP contribution in [0.15, 0.2) is 60.9 Å². The molecule has 0 saturated carbocycles. The Balaban J connectivity index is 1.64. The highest BCUT2D eigenvalue weighted by Crippen LogP contribution is 2.27. The van der Waals surface area contributed by atoms with Crippen molar-refractivity contribution in [2.24, 2.45) is 0 Å². The molecule has 0 atom stereocenters. The predicted octanol–water partition coefficient (Wildman–Crippen LogP) is 4.59. The second kappa shape index (κ2) is 9.19. The molecule has 1 aromatic heterocycles. The number of hydrogen-bond donors (Lipinski definition) is 2. The van der Waals surface area contributed by atoms with Crippen LogP contribution in [0.1, 0.15) is 29.9 Å². The van der Waals surface area contributed by atoms with Gasteiger partial charge in [0.25, 0.3) is 5.91 Å². The first-order chi connectivity index (χ1) is 13.5. The van der Waals surface area contributed by atoms with Gasteiger partial charge in [-0.2, -0.15) is 0 Å². The van der Waals surface area contributed by atoms with E-state index in [-0.39, 0.29) is 17.7 Å². The Bertz CT molecular complexity index is 945. The summed E-state index contributed by atoms with van der Waals surface area (Å²) in [4.78, 5) is 20.7. The summed E-state index contributed by atoms with van der Waals surface area (Å²) in [7, 11) is 0. The molecule has 0 unspecified atom stereocenters. The minimum Gasteiger partial charge on any atom is -0.489 e. The molecule has 1 amide bonds. The third-order valence-electron chi connectivity index (χ3n) is 3.79. The lowest BCUT2D eigenvalue weighted by Gasteiger charge is -2.15. The molecule has 0 radical (unpaired) electrons. The lowest BCUT2D eigenvalue weighted by Crippen LogP contribution is -2.24. The van der Waals surface area contributed by atoms with Gasteiger partial charge < -0.3 is 15.4 Å². The summed E-state index contributed by atoms with van der Waals surface area (Å²) in [5, 5.41) is 6.56. The van der Waals surface area contributed by atoms with Gasteiger partial charge in [0, 0.05) is 11.6 Å². The van der Waals surface area contributed by atoms with E-state index in [9.17, 15) is 4.79 Å². The molecule has 0 aliphatic rings. The number of halogens is 1. The summed E-state index contributed by atoms with van der Waals surface area (Å²) in [6.07, 6.45) is 2.99. The lowest BCUT2D eigenvalue weighted by atomic mass is 10.2. The molecule has 2 N–H and O–H groups in total. The maximum Gasteiger partial charge on any atom is 0.271 e. The molecule has 0 aliphatic carbocycles. The second-order valence-electron chi connectivity index (χ2n) is 6.35. The van der Waals surface area contributed by atoms with Crippen LogP contribution in [0, 0.1) is 0 Å². The normalized spacial score (nSPS) is 10.6. The van der Waals surface area contributed by atoms with Crippen LogP contribution in [0.2, 0.25) is 5.02 Å². The van der Waals surface area contributed by atoms with Gasteiger partial charge in [-0.25, -0.2) is 9.97 Å². The van der Waals surface area contributed by atoms with Gasteiger partial charge in [-0.05, 0) is 37.6 Å². The van der Waals surface area contributed by atoms with E-state index in [1.807, 2.05) is 56.3 Å². The second-order valence-corrected chi connectivity index (χ2v) is 6.76. The highest BCUT2D eigenvalue weighted by molar-refractivity contribution is 6.31. The number of para-hydroxylation sites is 2. The number of nitrogens with one attached hydrogen (secondary N) is 2. The standard InChI is InChI=1S/C21H21ClN4O2/c1-14(2)28-19-10-6-5-9-17(19)26-20-13-23-18(12-24-20)21(27)25-11-15-7-3-4-8-16(15)22/h3-10,12-14H,11H2,1-2H3,(H,24,26)(H,25,27). The molecule has 3 aromatic rings. The topological polar surface area (TPSA) is 76.1 Å². The quantitative estimate of drug-likeness (QED) is 0.610. The fourth-order valence-electron chi connectivity index (χ4n) is 2.48. The zero-order valence-corrected chi connectivity index (χ0v) is 16.4. The van der Waals surface area contributed by atoms with Crippen LogP contribution in [0.3, 0.4) is 0 Å². The minimum absolute atomic E-state index is 0.0539. The van der Waals surface area contributed by atoms with E-state index < -0.39 is 0 Å². The van der Waals surface area contributed by atoms with Gasteiger partial charge in [-0.1, -0.05) is 41.9 Å². The summed E-state index contributed by atoms with van der Waals surface area (Å²) in [6, 6.07) is 14.9. The molecule has 0 aliphatic heterocycles. The Kier molecular flexibility index (Phi) is 6.45. The smallest absolute Gasteiger partial charge is 0.271 e. The van der Waals surface area contributed by atoms with Crippen LogP contribution < -0.4 is 15.4 Å². The number of benzene rings is 2. The van der Waals surface area contributed by atoms with Crippen molar-refractivity contribution in [3.63, 3.8) is 0 Å². The van der Waals surface area contributed by atoms with Crippen LogP contribution >= 0.6 is 11.6 Å². The Morgan fingerprint density at radius 1 is 1.07 bits per heavy atom. The van der Waals surface area contributed by atoms with Crippen LogP contribution in [-0.4, -0.2) is 22.0 Å². The number of rotatable bonds is 7. The molecule has 144 valence electrons. The number of hydrogen-bond acceptors (Lipinski definition) is 5. The fourth-order valence-corrected chi connectivity index (χ4v) is 2.68. The van der Waals surface area contributed by atoms with E-state index in [0.717, 1.165) is 17.0 Å². The third kappa shape index (κ3) is 5.20. The number of carbonyl (C=O) groups is 1. The van der Waals surface area contributed by atoms with Crippen LogP contribution in [0.25, 0.3) is 0 Å². The van der Waals surface area contributed by atoms with Gasteiger partial charge in [0.1, 0.15) is 17.3 Å². The molecule has 0 fully saturated rings. The van der Waals surface area contributed by atoms with Crippen molar-refractivity contribution in [1.82, 2.24) is 15.3 Å². The number of amides is 1. The zero-order chi connectivity index (χ0) is 19.9. The zero-order valence-electron chi connectivity index (χ0n) is 15.6. The lowest BCUT2D eigenvalue weighted by molar-refractivity contribution is 0.0945. The SMILES string of the molecule is CC(C)Oc1ccccc1Nc1cnc(C(=O)NCc2ccccc2Cl)cn1. The highest BCUT2D eigenvalue weighted by atomic mass is 35.5. The van der Waals surface area contributed by atoms with Gasteiger partial charge in [-0.15, -0.1) is 0 Å². The molecule has 1 heterocycles. The maximum atomic E-state index is 12.3. The summed E-state index contributed by atoms with van der Waals surface area (Å²) in [5.74, 6) is 0.922. The van der Waals surface area contributed by atoms with E-state index in [1.54, 1.807) is 6.07 Å². The molecule has 3 rings (SSSR count). The fraction of sp³-hybridized carbons (Fsp3) is 0.190. The van der Waals surface area contributed by atoms with Crippen LogP contribution in [0.5, 0.6) is 5.75 Å². The molecular weight excluding hydrogens is 376 g/mol. The predicted molar refractivity (Wildman–Crippen MR) is 110 cm³/mol. The molecule has 28 heavy (non-hydrogen) atoms. The first-order valence-electron chi connectivity index (χ1n) is 8.89. The van der Waals surface area contributed by atoms with E-state index in [2.05, 4.69) is 20.6 Å². The van der Waals surface area contributed by atoms with Gasteiger partial charge in [0.2, 0.25) is 0 Å². The van der Waals surface area contributed by atoms with E-state index >= 15 is 0 Å². The molecule has 0 spiro atoms. The Hall–Kier alpha value is -3.12. The number of ether oxygens (including phenoxy) is 1. The number of aromatic nitrogens is 2. The summed E-state index contributed by atoms with van der Waals surface area (Å²) in [6.45, 7) is 4.25. The number of nitrogens with zero attached hydrogens (tertiary/aromatic N) is 2. The minimum atomic E-state index is -0.317. The molecule has 0 saturated heterocycles. The van der Waals surface area contributed by atoms with Crippen molar-refractivity contribution in [3.8, 4) is 5.75 Å². The van der Waals surface area contributed by atoms with Crippen molar-refractivity contribution in [2.75, 3.05) is 5.32 Å². The first kappa shape index (κ1) is 19.6. The van der Waals surface area contributed by atoms with Crippen molar-refractivity contribution in [2.45, 2.75) is 26.5 Å². The molecular formula is C21H21ClN4O2. The average Bonchev–Trinajstić information content (AvgIpc) is 2.69. The molecule has 7 heteroatoms. The Morgan fingerprint density at radius 2 is 1.82 bits per heavy atom. The molecule has 2 aromatic carbocycles.